The van der Waals surface area contributed by atoms with E-state index in [9.17, 15) is 9.59 Å². The summed E-state index contributed by atoms with van der Waals surface area (Å²) in [7, 11) is 1.61. The molecule has 1 aliphatic rings. The van der Waals surface area contributed by atoms with Crippen LogP contribution in [0.25, 0.3) is 0 Å². The van der Waals surface area contributed by atoms with Gasteiger partial charge in [0.15, 0.2) is 0 Å². The second-order valence-electron chi connectivity index (χ2n) is 6.70. The molecule has 1 aromatic heterocycles. The first-order valence-electron chi connectivity index (χ1n) is 9.41. The van der Waals surface area contributed by atoms with Crippen LogP contribution in [0.4, 0.5) is 5.69 Å². The van der Waals surface area contributed by atoms with E-state index in [-0.39, 0.29) is 17.7 Å². The van der Waals surface area contributed by atoms with E-state index in [4.69, 9.17) is 4.74 Å². The number of hydrogen-bond donors (Lipinski definition) is 1. The van der Waals surface area contributed by atoms with Crippen molar-refractivity contribution in [1.29, 1.82) is 0 Å². The molecular formula is C21H26N2O3S. The molecule has 2 aromatic rings. The predicted molar refractivity (Wildman–Crippen MR) is 109 cm³/mol. The molecule has 0 radical (unpaired) electrons. The van der Waals surface area contributed by atoms with Gasteiger partial charge in [-0.15, -0.1) is 11.3 Å². The van der Waals surface area contributed by atoms with Crippen LogP contribution >= 0.6 is 11.3 Å². The van der Waals surface area contributed by atoms with Crippen LogP contribution in [0.3, 0.4) is 0 Å². The molecule has 0 saturated heterocycles. The Bertz CT molecular complexity index is 827. The number of thiophene rings is 1. The van der Waals surface area contributed by atoms with Crippen molar-refractivity contribution in [3.05, 3.63) is 45.6 Å². The first-order chi connectivity index (χ1) is 13.0. The largest absolute Gasteiger partial charge is 0.497 e. The second kappa shape index (κ2) is 8.57. The number of rotatable bonds is 6. The number of methoxy groups -OCH3 is 1. The second-order valence-corrected chi connectivity index (χ2v) is 7.83. The van der Waals surface area contributed by atoms with Gasteiger partial charge in [-0.25, -0.2) is 0 Å². The van der Waals surface area contributed by atoms with Gasteiger partial charge in [-0.3, -0.25) is 9.59 Å². The van der Waals surface area contributed by atoms with E-state index < -0.39 is 0 Å². The van der Waals surface area contributed by atoms with E-state index in [1.807, 2.05) is 49.1 Å². The van der Waals surface area contributed by atoms with Gasteiger partial charge in [0.1, 0.15) is 5.75 Å². The molecule has 0 fully saturated rings. The molecule has 0 bridgehead atoms. The normalized spacial score (nSPS) is 15.7. The molecule has 1 aromatic carbocycles. The molecule has 1 aliphatic carbocycles. The van der Waals surface area contributed by atoms with Crippen molar-refractivity contribution in [2.24, 2.45) is 5.92 Å². The lowest BCUT2D eigenvalue weighted by molar-refractivity contribution is -0.120. The molecule has 0 aliphatic heterocycles. The fourth-order valence-corrected chi connectivity index (χ4v) is 4.64. The Balaban J connectivity index is 1.68. The summed E-state index contributed by atoms with van der Waals surface area (Å²) in [4.78, 5) is 29.2. The molecule has 3 rings (SSSR count). The van der Waals surface area contributed by atoms with Gasteiger partial charge in [0.05, 0.1) is 12.0 Å². The van der Waals surface area contributed by atoms with E-state index in [2.05, 4.69) is 5.32 Å². The number of amides is 2. The summed E-state index contributed by atoms with van der Waals surface area (Å²) in [5.41, 5.74) is 1.89. The maximum absolute atomic E-state index is 12.7. The molecule has 144 valence electrons. The van der Waals surface area contributed by atoms with Gasteiger partial charge in [-0.2, -0.15) is 0 Å². The summed E-state index contributed by atoms with van der Waals surface area (Å²) in [6, 6.07) is 9.38. The third-order valence-corrected chi connectivity index (χ3v) is 6.28. The number of hydrogen-bond acceptors (Lipinski definition) is 4. The highest BCUT2D eigenvalue weighted by atomic mass is 32.1. The lowest BCUT2D eigenvalue weighted by Crippen LogP contribution is -2.29. The maximum atomic E-state index is 12.7. The summed E-state index contributed by atoms with van der Waals surface area (Å²) in [5.74, 6) is 0.763. The zero-order valence-corrected chi connectivity index (χ0v) is 16.9. The summed E-state index contributed by atoms with van der Waals surface area (Å²) in [6.07, 6.45) is 2.34. The van der Waals surface area contributed by atoms with Crippen molar-refractivity contribution in [1.82, 2.24) is 4.90 Å². The number of carbonyl (C=O) groups excluding carboxylic acids is 2. The quantitative estimate of drug-likeness (QED) is 0.817. The summed E-state index contributed by atoms with van der Waals surface area (Å²) in [6.45, 7) is 5.41. The van der Waals surface area contributed by atoms with Gasteiger partial charge in [0.2, 0.25) is 5.91 Å². The van der Waals surface area contributed by atoms with Crippen molar-refractivity contribution in [2.75, 3.05) is 25.5 Å². The summed E-state index contributed by atoms with van der Waals surface area (Å²) in [5, 5.41) is 2.99. The van der Waals surface area contributed by atoms with Gasteiger partial charge in [-0.1, -0.05) is 6.07 Å². The molecule has 0 spiro atoms. The minimum atomic E-state index is -0.0743. The van der Waals surface area contributed by atoms with Gasteiger partial charge in [0, 0.05) is 35.6 Å². The van der Waals surface area contributed by atoms with Crippen molar-refractivity contribution >= 4 is 28.8 Å². The van der Waals surface area contributed by atoms with E-state index in [1.165, 1.54) is 4.88 Å². The average molecular weight is 387 g/mol. The number of anilines is 1. The highest BCUT2D eigenvalue weighted by molar-refractivity contribution is 7.14. The third kappa shape index (κ3) is 4.33. The molecule has 1 heterocycles. The highest BCUT2D eigenvalue weighted by Gasteiger charge is 2.28. The van der Waals surface area contributed by atoms with Crippen molar-refractivity contribution in [3.8, 4) is 5.75 Å². The van der Waals surface area contributed by atoms with Crippen LogP contribution in [-0.4, -0.2) is 36.9 Å². The first-order valence-corrected chi connectivity index (χ1v) is 10.2. The van der Waals surface area contributed by atoms with Gasteiger partial charge >= 0.3 is 0 Å². The third-order valence-electron chi connectivity index (χ3n) is 5.05. The number of fused-ring (bicyclic) bond motifs is 1. The molecule has 27 heavy (non-hydrogen) atoms. The zero-order valence-electron chi connectivity index (χ0n) is 16.1. The molecule has 5 nitrogen and oxygen atoms in total. The Hall–Kier alpha value is -2.34. The van der Waals surface area contributed by atoms with Crippen molar-refractivity contribution in [2.45, 2.75) is 33.1 Å². The monoisotopic (exact) mass is 386 g/mol. The minimum absolute atomic E-state index is 0.0247. The minimum Gasteiger partial charge on any atom is -0.497 e. The molecular weight excluding hydrogens is 360 g/mol. The average Bonchev–Trinajstić information content (AvgIpc) is 3.12. The first kappa shape index (κ1) is 19.4. The van der Waals surface area contributed by atoms with Crippen LogP contribution in [-0.2, 0) is 17.6 Å². The van der Waals surface area contributed by atoms with Crippen LogP contribution in [0, 0.1) is 5.92 Å². The Morgan fingerprint density at radius 1 is 1.26 bits per heavy atom. The summed E-state index contributed by atoms with van der Waals surface area (Å²) < 4.78 is 5.21. The number of ether oxygens (including phenoxy) is 1. The van der Waals surface area contributed by atoms with Gasteiger partial charge in [-0.05, 0) is 56.9 Å². The number of carbonyl (C=O) groups is 2. The lowest BCUT2D eigenvalue weighted by Gasteiger charge is -2.21. The Labute approximate surface area is 164 Å². The Morgan fingerprint density at radius 3 is 2.74 bits per heavy atom. The van der Waals surface area contributed by atoms with E-state index in [0.717, 1.165) is 34.7 Å². The lowest BCUT2D eigenvalue weighted by atomic mass is 9.87. The topological polar surface area (TPSA) is 58.6 Å². The number of nitrogens with one attached hydrogen (secondary N) is 1. The molecule has 0 saturated carbocycles. The van der Waals surface area contributed by atoms with Crippen LogP contribution < -0.4 is 10.1 Å². The molecule has 2 amide bonds. The number of nitrogens with zero attached hydrogens (tertiary/aromatic N) is 1. The highest BCUT2D eigenvalue weighted by Crippen LogP contribution is 2.33. The molecule has 1 atom stereocenters. The number of benzene rings is 1. The Kier molecular flexibility index (Phi) is 6.16. The number of aryl methyl sites for hydroxylation is 1. The van der Waals surface area contributed by atoms with Crippen LogP contribution in [0.2, 0.25) is 0 Å². The Morgan fingerprint density at radius 2 is 2.04 bits per heavy atom. The van der Waals surface area contributed by atoms with Gasteiger partial charge < -0.3 is 15.0 Å². The van der Waals surface area contributed by atoms with E-state index >= 15 is 0 Å². The molecule has 1 unspecified atom stereocenters. The van der Waals surface area contributed by atoms with Gasteiger partial charge in [0.25, 0.3) is 5.91 Å². The standard InChI is InChI=1S/C21H26N2O3S/c1-4-23(5-2)21(25)19-12-15-11-14(9-10-18(15)27-19)20(24)22-16-7-6-8-17(13-16)26-3/h6-8,12-14H,4-5,9-11H2,1-3H3,(H,22,24). The smallest absolute Gasteiger partial charge is 0.263 e. The van der Waals surface area contributed by atoms with Crippen molar-refractivity contribution < 1.29 is 14.3 Å². The van der Waals surface area contributed by atoms with Crippen LogP contribution in [0.5, 0.6) is 5.75 Å². The summed E-state index contributed by atoms with van der Waals surface area (Å²) >= 11 is 1.59. The van der Waals surface area contributed by atoms with E-state index in [0.29, 0.717) is 19.5 Å². The fourth-order valence-electron chi connectivity index (χ4n) is 3.46. The molecule has 6 heteroatoms. The van der Waals surface area contributed by atoms with Crippen molar-refractivity contribution in [3.63, 3.8) is 0 Å². The van der Waals surface area contributed by atoms with Crippen LogP contribution in [0.1, 0.15) is 40.4 Å². The van der Waals surface area contributed by atoms with Crippen LogP contribution in [0.15, 0.2) is 30.3 Å². The maximum Gasteiger partial charge on any atom is 0.263 e. The fraction of sp³-hybridized carbons (Fsp3) is 0.429. The zero-order chi connectivity index (χ0) is 19.4. The molecule has 1 N–H and O–H groups in total. The predicted octanol–water partition coefficient (Wildman–Crippen LogP) is 3.98. The SMILES string of the molecule is CCN(CC)C(=O)c1cc2c(s1)CCC(C(=O)Nc1cccc(OC)c1)C2. The van der Waals surface area contributed by atoms with E-state index in [1.54, 1.807) is 18.4 Å².